The highest BCUT2D eigenvalue weighted by Crippen LogP contribution is 2.36. The smallest absolute Gasteiger partial charge is 0.244 e. The van der Waals surface area contributed by atoms with Crippen LogP contribution in [0.3, 0.4) is 0 Å². The van der Waals surface area contributed by atoms with E-state index in [4.69, 9.17) is 9.47 Å². The number of carbonyl (C=O) groups is 1. The molecule has 3 aliphatic rings. The molecule has 0 saturated carbocycles. The van der Waals surface area contributed by atoms with E-state index < -0.39 is 16.1 Å². The predicted molar refractivity (Wildman–Crippen MR) is 119 cm³/mol. The number of hydrogen-bond donors (Lipinski definition) is 0. The molecule has 0 spiro atoms. The lowest BCUT2D eigenvalue weighted by molar-refractivity contribution is -0.137. The highest BCUT2D eigenvalue weighted by molar-refractivity contribution is 7.89. The first-order valence-electron chi connectivity index (χ1n) is 11.2. The van der Waals surface area contributed by atoms with E-state index in [1.807, 2.05) is 29.2 Å². The van der Waals surface area contributed by atoms with E-state index in [0.29, 0.717) is 50.1 Å². The molecule has 1 atom stereocenters. The Bertz CT molecular complexity index is 1120. The zero-order valence-corrected chi connectivity index (χ0v) is 19.0. The van der Waals surface area contributed by atoms with Crippen molar-refractivity contribution in [2.75, 3.05) is 26.3 Å². The van der Waals surface area contributed by atoms with Gasteiger partial charge in [0.15, 0.2) is 11.5 Å². The minimum atomic E-state index is -3.93. The highest BCUT2D eigenvalue weighted by Gasteiger charge is 2.42. The summed E-state index contributed by atoms with van der Waals surface area (Å²) in [5.41, 5.74) is 1.97. The molecule has 170 valence electrons. The van der Waals surface area contributed by atoms with E-state index in [2.05, 4.69) is 6.92 Å². The molecule has 32 heavy (non-hydrogen) atoms. The van der Waals surface area contributed by atoms with Crippen molar-refractivity contribution in [2.45, 2.75) is 43.7 Å². The number of hydrogen-bond acceptors (Lipinski definition) is 5. The Labute approximate surface area is 189 Å². The second-order valence-electron chi connectivity index (χ2n) is 8.85. The highest BCUT2D eigenvalue weighted by atomic mass is 32.2. The van der Waals surface area contributed by atoms with Gasteiger partial charge in [0.25, 0.3) is 0 Å². The van der Waals surface area contributed by atoms with Crippen molar-refractivity contribution in [1.29, 1.82) is 0 Å². The first-order chi connectivity index (χ1) is 15.4. The van der Waals surface area contributed by atoms with Crippen LogP contribution in [0, 0.1) is 5.92 Å². The minimum Gasteiger partial charge on any atom is -0.486 e. The van der Waals surface area contributed by atoms with Crippen LogP contribution in [0.15, 0.2) is 47.4 Å². The minimum absolute atomic E-state index is 0.104. The first-order valence-corrected chi connectivity index (χ1v) is 12.6. The normalized spacial score (nSPS) is 21.8. The summed E-state index contributed by atoms with van der Waals surface area (Å²) in [7, 11) is -3.93. The van der Waals surface area contributed by atoms with Gasteiger partial charge in [-0.15, -0.1) is 0 Å². The van der Waals surface area contributed by atoms with E-state index in [0.717, 1.165) is 24.0 Å². The van der Waals surface area contributed by atoms with Gasteiger partial charge in [0.2, 0.25) is 15.9 Å². The molecule has 0 aliphatic carbocycles. The van der Waals surface area contributed by atoms with Gasteiger partial charge in [-0.2, -0.15) is 4.31 Å². The Hall–Kier alpha value is -2.58. The second kappa shape index (κ2) is 8.41. The van der Waals surface area contributed by atoms with E-state index in [1.54, 1.807) is 6.07 Å². The lowest BCUT2D eigenvalue weighted by Gasteiger charge is -2.39. The molecule has 2 aromatic rings. The zero-order chi connectivity index (χ0) is 22.3. The Morgan fingerprint density at radius 2 is 1.66 bits per heavy atom. The van der Waals surface area contributed by atoms with Crippen LogP contribution in [0.5, 0.6) is 11.5 Å². The summed E-state index contributed by atoms with van der Waals surface area (Å²) in [4.78, 5) is 15.5. The zero-order valence-electron chi connectivity index (χ0n) is 18.2. The van der Waals surface area contributed by atoms with Gasteiger partial charge in [-0.1, -0.05) is 31.2 Å². The summed E-state index contributed by atoms with van der Waals surface area (Å²) in [6.45, 7) is 4.53. The molecular weight excluding hydrogens is 428 g/mol. The van der Waals surface area contributed by atoms with E-state index in [-0.39, 0.29) is 17.3 Å². The lowest BCUT2D eigenvalue weighted by Crippen LogP contribution is -2.54. The molecular formula is C24H28N2O5S. The molecule has 0 bridgehead atoms. The molecule has 3 heterocycles. The second-order valence-corrected chi connectivity index (χ2v) is 10.7. The number of amides is 1. The van der Waals surface area contributed by atoms with Crippen molar-refractivity contribution < 1.29 is 22.7 Å². The largest absolute Gasteiger partial charge is 0.486 e. The monoisotopic (exact) mass is 456 g/mol. The number of nitrogens with zero attached hydrogens (tertiary/aromatic N) is 2. The molecule has 7 nitrogen and oxygen atoms in total. The molecule has 0 N–H and O–H groups in total. The molecule has 1 fully saturated rings. The number of likely N-dealkylation sites (tertiary alicyclic amines) is 1. The molecule has 3 aliphatic heterocycles. The Morgan fingerprint density at radius 1 is 0.969 bits per heavy atom. The van der Waals surface area contributed by atoms with Gasteiger partial charge < -0.3 is 14.4 Å². The van der Waals surface area contributed by atoms with E-state index in [9.17, 15) is 13.2 Å². The Morgan fingerprint density at radius 3 is 2.41 bits per heavy atom. The topological polar surface area (TPSA) is 76.2 Å². The van der Waals surface area contributed by atoms with Gasteiger partial charge in [-0.25, -0.2) is 8.42 Å². The molecule has 1 saturated heterocycles. The van der Waals surface area contributed by atoms with Crippen LogP contribution in [0.2, 0.25) is 0 Å². The van der Waals surface area contributed by atoms with E-state index in [1.165, 1.54) is 16.4 Å². The Kier molecular flexibility index (Phi) is 5.59. The van der Waals surface area contributed by atoms with Crippen molar-refractivity contribution in [1.82, 2.24) is 9.21 Å². The average Bonchev–Trinajstić information content (AvgIpc) is 2.83. The first kappa shape index (κ1) is 21.3. The molecule has 1 amide bonds. The number of piperidine rings is 1. The van der Waals surface area contributed by atoms with Gasteiger partial charge in [-0.3, -0.25) is 4.79 Å². The quantitative estimate of drug-likeness (QED) is 0.710. The lowest BCUT2D eigenvalue weighted by atomic mass is 9.93. The third-order valence-corrected chi connectivity index (χ3v) is 8.56. The fourth-order valence-electron chi connectivity index (χ4n) is 4.72. The fourth-order valence-corrected chi connectivity index (χ4v) is 6.30. The molecule has 8 heteroatoms. The van der Waals surface area contributed by atoms with Crippen LogP contribution in [-0.2, 0) is 27.8 Å². The number of rotatable bonds is 3. The maximum Gasteiger partial charge on any atom is 0.244 e. The summed E-state index contributed by atoms with van der Waals surface area (Å²) in [6, 6.07) is 11.7. The van der Waals surface area contributed by atoms with Crippen LogP contribution in [-0.4, -0.2) is 55.9 Å². The van der Waals surface area contributed by atoms with Crippen molar-refractivity contribution in [3.8, 4) is 11.5 Å². The van der Waals surface area contributed by atoms with Crippen LogP contribution < -0.4 is 9.47 Å². The SMILES string of the molecule is CC1CCN(C(=O)[C@@H]2Cc3ccccc3CN2S(=O)(=O)c2ccc3c(c2)OCCO3)CC1. The van der Waals surface area contributed by atoms with Gasteiger partial charge in [0.1, 0.15) is 19.3 Å². The molecule has 0 aromatic heterocycles. The molecule has 2 aromatic carbocycles. The standard InChI is InChI=1S/C24H28N2O5S/c1-17-8-10-25(11-9-17)24(27)21-14-18-4-2-3-5-19(18)16-26(21)32(28,29)20-6-7-22-23(15-20)31-13-12-30-22/h2-7,15,17,21H,8-14,16H2,1H3/t21-/m0/s1. The van der Waals surface area contributed by atoms with Gasteiger partial charge in [0.05, 0.1) is 4.90 Å². The summed E-state index contributed by atoms with van der Waals surface area (Å²) >= 11 is 0. The van der Waals surface area contributed by atoms with Crippen LogP contribution in [0.25, 0.3) is 0 Å². The third kappa shape index (κ3) is 3.86. The van der Waals surface area contributed by atoms with Crippen LogP contribution in [0.4, 0.5) is 0 Å². The predicted octanol–water partition coefficient (Wildman–Crippen LogP) is 2.83. The molecule has 5 rings (SSSR count). The fraction of sp³-hybridized carbons (Fsp3) is 0.458. The summed E-state index contributed by atoms with van der Waals surface area (Å²) in [5.74, 6) is 1.44. The van der Waals surface area contributed by atoms with Crippen molar-refractivity contribution in [2.24, 2.45) is 5.92 Å². The maximum absolute atomic E-state index is 13.8. The number of fused-ring (bicyclic) bond motifs is 2. The van der Waals surface area contributed by atoms with Gasteiger partial charge >= 0.3 is 0 Å². The summed E-state index contributed by atoms with van der Waals surface area (Å²) in [6.07, 6.45) is 2.28. The maximum atomic E-state index is 13.8. The van der Waals surface area contributed by atoms with Crippen molar-refractivity contribution >= 4 is 15.9 Å². The van der Waals surface area contributed by atoms with E-state index >= 15 is 0 Å². The molecule has 0 radical (unpaired) electrons. The number of benzene rings is 2. The number of sulfonamides is 1. The van der Waals surface area contributed by atoms with Crippen molar-refractivity contribution in [3.05, 3.63) is 53.6 Å². The van der Waals surface area contributed by atoms with Gasteiger partial charge in [-0.05, 0) is 48.4 Å². The third-order valence-electron chi connectivity index (χ3n) is 6.71. The van der Waals surface area contributed by atoms with Gasteiger partial charge in [0, 0.05) is 25.7 Å². The number of carbonyl (C=O) groups excluding carboxylic acids is 1. The number of ether oxygens (including phenoxy) is 2. The Balaban J connectivity index is 1.51. The summed E-state index contributed by atoms with van der Waals surface area (Å²) in [5, 5.41) is 0. The molecule has 0 unspecified atom stereocenters. The van der Waals surface area contributed by atoms with Crippen LogP contribution in [0.1, 0.15) is 30.9 Å². The average molecular weight is 457 g/mol. The summed E-state index contributed by atoms with van der Waals surface area (Å²) < 4.78 is 40.1. The van der Waals surface area contributed by atoms with Crippen LogP contribution >= 0.6 is 0 Å². The van der Waals surface area contributed by atoms with Crippen molar-refractivity contribution in [3.63, 3.8) is 0 Å².